The van der Waals surface area contributed by atoms with Crippen LogP contribution in [0.5, 0.6) is 5.75 Å². The molecule has 6 rings (SSSR count). The van der Waals surface area contributed by atoms with Crippen LogP contribution in [0.2, 0.25) is 0 Å². The van der Waals surface area contributed by atoms with Crippen molar-refractivity contribution in [3.05, 3.63) is 151 Å². The molecule has 1 atom stereocenters. The molecule has 246 valence electrons. The number of hydrogen-bond acceptors (Lipinski definition) is 5. The van der Waals surface area contributed by atoms with Crippen LogP contribution in [-0.4, -0.2) is 28.8 Å². The number of fused-ring (bicyclic) bond motifs is 1. The zero-order chi connectivity index (χ0) is 33.7. The molecule has 1 aromatic heterocycles. The van der Waals surface area contributed by atoms with Crippen molar-refractivity contribution in [1.29, 1.82) is 0 Å². The molecule has 6 aromatic rings. The molecule has 0 radical (unpaired) electrons. The zero-order valence-corrected chi connectivity index (χ0v) is 29.8. The number of nitrogens with zero attached hydrogens (tertiary/aromatic N) is 1. The van der Waals surface area contributed by atoms with E-state index in [1.54, 1.807) is 31.4 Å². The largest absolute Gasteiger partial charge is 0.593 e. The molecular formula is C39H39N2O4PS2. The summed E-state index contributed by atoms with van der Waals surface area (Å²) in [5.74, 6) is 0.795. The van der Waals surface area contributed by atoms with Gasteiger partial charge in [-0.15, -0.1) is 0 Å². The van der Waals surface area contributed by atoms with Crippen molar-refractivity contribution >= 4 is 56.5 Å². The molecule has 48 heavy (non-hydrogen) atoms. The molecular weight excluding hydrogens is 656 g/mol. The van der Waals surface area contributed by atoms with Crippen molar-refractivity contribution < 1.29 is 17.7 Å². The van der Waals surface area contributed by atoms with Gasteiger partial charge in [-0.3, -0.25) is 0 Å². The number of ether oxygens (including phenoxy) is 1. The van der Waals surface area contributed by atoms with Crippen LogP contribution < -0.4 is 20.1 Å². The van der Waals surface area contributed by atoms with Crippen LogP contribution in [0.25, 0.3) is 10.9 Å². The average molecular weight is 695 g/mol. The Bertz CT molecular complexity index is 2030. The summed E-state index contributed by atoms with van der Waals surface area (Å²) < 4.78 is 53.0. The highest BCUT2D eigenvalue weighted by atomic mass is 32.2. The highest BCUT2D eigenvalue weighted by Crippen LogP contribution is 2.45. The van der Waals surface area contributed by atoms with E-state index < -0.39 is 34.1 Å². The predicted molar refractivity (Wildman–Crippen MR) is 201 cm³/mol. The minimum atomic E-state index is -4.03. The third kappa shape index (κ3) is 7.18. The minimum absolute atomic E-state index is 0.197. The Kier molecular flexibility index (Phi) is 10.3. The lowest BCUT2D eigenvalue weighted by atomic mass is 10.0. The van der Waals surface area contributed by atoms with Crippen molar-refractivity contribution in [3.63, 3.8) is 0 Å². The molecule has 0 spiro atoms. The number of rotatable bonds is 13. The second-order valence-electron chi connectivity index (χ2n) is 12.2. The standard InChI is InChI=1S/C39H39N2O4PS2/c1-39(2,28-27-30-23-25-31(45-3)26-24-30)47(42)40-38-35-21-13-14-22-36(35)41(48(43,44)34-19-11-6-12-20-34)37(38)29-46(32-15-7-4-8-16-32)33-17-9-5-10-18-33/h4-26,40H,27-29H2,1-3H3. The highest BCUT2D eigenvalue weighted by Gasteiger charge is 2.36. The van der Waals surface area contributed by atoms with Crippen molar-refractivity contribution in [3.8, 4) is 5.75 Å². The Morgan fingerprint density at radius 3 is 1.90 bits per heavy atom. The lowest BCUT2D eigenvalue weighted by Gasteiger charge is -2.29. The van der Waals surface area contributed by atoms with Crippen molar-refractivity contribution in [2.45, 2.75) is 42.5 Å². The van der Waals surface area contributed by atoms with Gasteiger partial charge in [0, 0.05) is 18.0 Å². The molecule has 0 fully saturated rings. The highest BCUT2D eigenvalue weighted by molar-refractivity contribution is 7.94. The van der Waals surface area contributed by atoms with Gasteiger partial charge in [0.05, 0.1) is 34.6 Å². The van der Waals surface area contributed by atoms with Gasteiger partial charge in [0.25, 0.3) is 10.0 Å². The van der Waals surface area contributed by atoms with E-state index in [1.165, 1.54) is 3.97 Å². The Morgan fingerprint density at radius 2 is 1.31 bits per heavy atom. The number of hydrogen-bond donors (Lipinski definition) is 1. The van der Waals surface area contributed by atoms with Gasteiger partial charge in [-0.2, -0.15) is 0 Å². The SMILES string of the molecule is COc1ccc(CCC(C)(C)[S+]([O-])Nc2c(CP(c3ccccc3)c3ccccc3)n(S(=O)(=O)c3ccccc3)c3ccccc23)cc1. The zero-order valence-electron chi connectivity index (χ0n) is 27.2. The van der Waals surface area contributed by atoms with E-state index in [2.05, 4.69) is 29.0 Å². The molecule has 5 aromatic carbocycles. The van der Waals surface area contributed by atoms with E-state index >= 15 is 0 Å². The Hall–Kier alpha value is -4.07. The summed E-state index contributed by atoms with van der Waals surface area (Å²) in [7, 11) is -3.43. The first-order chi connectivity index (χ1) is 23.2. The molecule has 9 heteroatoms. The normalized spacial score (nSPS) is 12.7. The maximum atomic E-state index is 14.6. The first-order valence-electron chi connectivity index (χ1n) is 15.8. The molecule has 0 aliphatic carbocycles. The number of nitrogens with one attached hydrogen (secondary N) is 1. The first-order valence-corrected chi connectivity index (χ1v) is 19.9. The fourth-order valence-electron chi connectivity index (χ4n) is 5.75. The number of methoxy groups -OCH3 is 1. The lowest BCUT2D eigenvalue weighted by molar-refractivity contribution is 0.414. The van der Waals surface area contributed by atoms with E-state index in [4.69, 9.17) is 4.74 Å². The van der Waals surface area contributed by atoms with Gasteiger partial charge in [0.2, 0.25) is 0 Å². The number of anilines is 1. The smallest absolute Gasteiger partial charge is 0.268 e. The van der Waals surface area contributed by atoms with E-state index in [0.29, 0.717) is 34.9 Å². The van der Waals surface area contributed by atoms with Gasteiger partial charge < -0.3 is 9.29 Å². The van der Waals surface area contributed by atoms with Crippen LogP contribution in [0.3, 0.4) is 0 Å². The number of para-hydroxylation sites is 1. The Morgan fingerprint density at radius 1 is 0.771 bits per heavy atom. The molecule has 1 unspecified atom stereocenters. The molecule has 0 aliphatic heterocycles. The molecule has 0 amide bonds. The third-order valence-corrected chi connectivity index (χ3v) is 14.3. The van der Waals surface area contributed by atoms with Gasteiger partial charge in [0.15, 0.2) is 0 Å². The molecule has 0 saturated carbocycles. The maximum absolute atomic E-state index is 14.6. The van der Waals surface area contributed by atoms with Crippen LogP contribution in [0.15, 0.2) is 144 Å². The van der Waals surface area contributed by atoms with E-state index in [-0.39, 0.29) is 4.90 Å². The van der Waals surface area contributed by atoms with E-state index in [0.717, 1.165) is 28.3 Å². The first kappa shape index (κ1) is 33.8. The van der Waals surface area contributed by atoms with Gasteiger partial charge in [0.1, 0.15) is 16.2 Å². The quantitative estimate of drug-likeness (QED) is 0.0979. The second-order valence-corrected chi connectivity index (χ2v) is 18.0. The number of aromatic nitrogens is 1. The molecule has 0 bridgehead atoms. The Balaban J connectivity index is 1.47. The number of aryl methyl sites for hydroxylation is 1. The monoisotopic (exact) mass is 694 g/mol. The van der Waals surface area contributed by atoms with Crippen molar-refractivity contribution in [1.82, 2.24) is 3.97 Å². The summed E-state index contributed by atoms with van der Waals surface area (Å²) in [4.78, 5) is 0.197. The van der Waals surface area contributed by atoms with Crippen molar-refractivity contribution in [2.75, 3.05) is 11.8 Å². The van der Waals surface area contributed by atoms with Crippen LogP contribution in [0.1, 0.15) is 31.5 Å². The van der Waals surface area contributed by atoms with Gasteiger partial charge in [-0.25, -0.2) is 17.1 Å². The summed E-state index contributed by atoms with van der Waals surface area (Å²) >= 11 is -1.56. The van der Waals surface area contributed by atoms with Crippen LogP contribution in [0, 0.1) is 0 Å². The summed E-state index contributed by atoms with van der Waals surface area (Å²) in [6.07, 6.45) is 1.79. The number of benzene rings is 5. The molecule has 6 nitrogen and oxygen atoms in total. The minimum Gasteiger partial charge on any atom is -0.593 e. The summed E-state index contributed by atoms with van der Waals surface area (Å²) in [5, 5.41) is 2.96. The summed E-state index contributed by atoms with van der Waals surface area (Å²) in [6.45, 7) is 3.97. The fraction of sp³-hybridized carbons (Fsp3) is 0.179. The Labute approximate surface area is 287 Å². The van der Waals surface area contributed by atoms with E-state index in [1.807, 2.05) is 105 Å². The van der Waals surface area contributed by atoms with Crippen LogP contribution in [0.4, 0.5) is 5.69 Å². The topological polar surface area (TPSA) is 83.4 Å². The van der Waals surface area contributed by atoms with Crippen LogP contribution in [-0.2, 0) is 34.0 Å². The maximum Gasteiger partial charge on any atom is 0.268 e. The van der Waals surface area contributed by atoms with E-state index in [9.17, 15) is 13.0 Å². The molecule has 0 saturated heterocycles. The average Bonchev–Trinajstić information content (AvgIpc) is 3.44. The fourth-order valence-corrected chi connectivity index (χ4v) is 10.7. The molecule has 1 N–H and O–H groups in total. The van der Waals surface area contributed by atoms with Gasteiger partial charge in [-0.05, 0) is 74.7 Å². The van der Waals surface area contributed by atoms with Crippen molar-refractivity contribution in [2.24, 2.45) is 0 Å². The predicted octanol–water partition coefficient (Wildman–Crippen LogP) is 8.01. The van der Waals surface area contributed by atoms with Gasteiger partial charge >= 0.3 is 0 Å². The summed E-state index contributed by atoms with van der Waals surface area (Å²) in [5.41, 5.74) is 2.84. The molecule has 1 heterocycles. The van der Waals surface area contributed by atoms with Crippen LogP contribution >= 0.6 is 7.92 Å². The summed E-state index contributed by atoms with van der Waals surface area (Å²) in [6, 6.07) is 44.4. The lowest BCUT2D eigenvalue weighted by Crippen LogP contribution is -2.37. The molecule has 0 aliphatic rings. The third-order valence-electron chi connectivity index (χ3n) is 8.52. The second kappa shape index (κ2) is 14.6. The van der Waals surface area contributed by atoms with Gasteiger partial charge in [-0.1, -0.05) is 109 Å².